The molecule has 160 valence electrons. The Kier molecular flexibility index (Phi) is 6.13. The lowest BCUT2D eigenvalue weighted by molar-refractivity contribution is -0.162. The summed E-state index contributed by atoms with van der Waals surface area (Å²) in [5, 5.41) is 0. The molecule has 1 aliphatic heterocycles. The second kappa shape index (κ2) is 8.30. The van der Waals surface area contributed by atoms with Crippen molar-refractivity contribution in [2.75, 3.05) is 5.75 Å². The molecule has 0 saturated carbocycles. The van der Waals surface area contributed by atoms with Crippen LogP contribution in [0.2, 0.25) is 0 Å². The van der Waals surface area contributed by atoms with Crippen LogP contribution in [0.15, 0.2) is 41.3 Å². The SMILES string of the molecule is Cc1cc(C)c(C2C(=O)CC(C(C)CS(=O)(=O)c3cccc(F)c3)OC2=O)c(C)c1. The summed E-state index contributed by atoms with van der Waals surface area (Å²) >= 11 is 0. The number of carbonyl (C=O) groups is 2. The van der Waals surface area contributed by atoms with Crippen molar-refractivity contribution in [3.63, 3.8) is 0 Å². The molecule has 2 aromatic carbocycles. The number of esters is 1. The first-order valence-corrected chi connectivity index (χ1v) is 11.4. The Hall–Kier alpha value is -2.54. The van der Waals surface area contributed by atoms with Crippen LogP contribution >= 0.6 is 0 Å². The zero-order valence-corrected chi connectivity index (χ0v) is 18.3. The summed E-state index contributed by atoms with van der Waals surface area (Å²) in [5.41, 5.74) is 3.40. The zero-order chi connectivity index (χ0) is 22.2. The second-order valence-electron chi connectivity index (χ2n) is 8.11. The minimum Gasteiger partial charge on any atom is -0.461 e. The van der Waals surface area contributed by atoms with E-state index in [4.69, 9.17) is 4.74 Å². The molecular formula is C23H25FO5S. The molecule has 0 bridgehead atoms. The van der Waals surface area contributed by atoms with Gasteiger partial charge in [-0.1, -0.05) is 30.7 Å². The van der Waals surface area contributed by atoms with Gasteiger partial charge >= 0.3 is 5.97 Å². The highest BCUT2D eigenvalue weighted by atomic mass is 32.2. The topological polar surface area (TPSA) is 77.5 Å². The van der Waals surface area contributed by atoms with Crippen molar-refractivity contribution in [2.24, 2.45) is 5.92 Å². The molecule has 0 spiro atoms. The van der Waals surface area contributed by atoms with Crippen molar-refractivity contribution in [3.8, 4) is 0 Å². The molecule has 1 heterocycles. The molecule has 30 heavy (non-hydrogen) atoms. The predicted octanol–water partition coefficient (Wildman–Crippen LogP) is 3.83. The number of cyclic esters (lactones) is 1. The number of hydrogen-bond acceptors (Lipinski definition) is 5. The molecule has 3 atom stereocenters. The smallest absolute Gasteiger partial charge is 0.321 e. The van der Waals surface area contributed by atoms with E-state index in [0.29, 0.717) is 5.56 Å². The van der Waals surface area contributed by atoms with Crippen LogP contribution in [0, 0.1) is 32.5 Å². The Morgan fingerprint density at radius 3 is 2.30 bits per heavy atom. The number of hydrogen-bond donors (Lipinski definition) is 0. The van der Waals surface area contributed by atoms with Gasteiger partial charge in [-0.05, 0) is 55.7 Å². The normalized spacial score (nSPS) is 20.7. The molecule has 0 amide bonds. The maximum absolute atomic E-state index is 13.4. The Bertz CT molecular complexity index is 1070. The van der Waals surface area contributed by atoms with Crippen LogP contribution in [0.3, 0.4) is 0 Å². The molecule has 5 nitrogen and oxygen atoms in total. The molecule has 7 heteroatoms. The lowest BCUT2D eigenvalue weighted by Crippen LogP contribution is -2.42. The van der Waals surface area contributed by atoms with Crippen LogP contribution < -0.4 is 0 Å². The van der Waals surface area contributed by atoms with Crippen LogP contribution in [-0.4, -0.2) is 32.0 Å². The number of carbonyl (C=O) groups excluding carboxylic acids is 2. The van der Waals surface area contributed by atoms with Crippen molar-refractivity contribution >= 4 is 21.6 Å². The maximum Gasteiger partial charge on any atom is 0.321 e. The highest BCUT2D eigenvalue weighted by Crippen LogP contribution is 2.34. The van der Waals surface area contributed by atoms with E-state index in [1.807, 2.05) is 32.9 Å². The molecule has 0 N–H and O–H groups in total. The third-order valence-electron chi connectivity index (χ3n) is 5.53. The minimum absolute atomic E-state index is 0.0526. The van der Waals surface area contributed by atoms with Crippen LogP contribution in [0.1, 0.15) is 41.5 Å². The van der Waals surface area contributed by atoms with Gasteiger partial charge in [-0.15, -0.1) is 0 Å². The van der Waals surface area contributed by atoms with Gasteiger partial charge in [-0.25, -0.2) is 12.8 Å². The molecule has 1 aliphatic rings. The number of sulfone groups is 1. The lowest BCUT2D eigenvalue weighted by Gasteiger charge is -2.32. The van der Waals surface area contributed by atoms with E-state index >= 15 is 0 Å². The molecule has 0 aromatic heterocycles. The quantitative estimate of drug-likeness (QED) is 0.530. The molecule has 1 saturated heterocycles. The number of ketones is 1. The fourth-order valence-corrected chi connectivity index (χ4v) is 5.84. The van der Waals surface area contributed by atoms with Gasteiger partial charge in [0.15, 0.2) is 15.6 Å². The summed E-state index contributed by atoms with van der Waals surface area (Å²) in [5.74, 6) is -3.53. The van der Waals surface area contributed by atoms with E-state index in [1.165, 1.54) is 18.2 Å². The first-order valence-electron chi connectivity index (χ1n) is 9.79. The highest BCUT2D eigenvalue weighted by Gasteiger charge is 2.42. The molecular weight excluding hydrogens is 407 g/mol. The standard InChI is InChI=1S/C23H25FO5S/c1-13-8-14(2)21(15(3)9-13)22-19(25)11-20(29-23(22)26)16(4)12-30(27,28)18-7-5-6-17(24)10-18/h5-10,16,20,22H,11-12H2,1-4H3. The molecule has 2 aromatic rings. The summed E-state index contributed by atoms with van der Waals surface area (Å²) in [6, 6.07) is 8.61. The number of aryl methyl sites for hydroxylation is 3. The molecule has 3 rings (SSSR count). The van der Waals surface area contributed by atoms with Gasteiger partial charge in [0.05, 0.1) is 10.6 Å². The van der Waals surface area contributed by atoms with Gasteiger partial charge in [-0.2, -0.15) is 0 Å². The lowest BCUT2D eigenvalue weighted by atomic mass is 9.82. The Labute approximate surface area is 176 Å². The Balaban J connectivity index is 1.79. The number of rotatable bonds is 5. The van der Waals surface area contributed by atoms with E-state index in [-0.39, 0.29) is 22.9 Å². The monoisotopic (exact) mass is 432 g/mol. The molecule has 1 fully saturated rings. The summed E-state index contributed by atoms with van der Waals surface area (Å²) in [6.07, 6.45) is -0.890. The van der Waals surface area contributed by atoms with Gasteiger partial charge in [-0.3, -0.25) is 9.59 Å². The van der Waals surface area contributed by atoms with Gasteiger partial charge in [0, 0.05) is 12.3 Å². The molecule has 3 unspecified atom stereocenters. The Morgan fingerprint density at radius 1 is 1.10 bits per heavy atom. The van der Waals surface area contributed by atoms with Crippen LogP contribution in [0.5, 0.6) is 0 Å². The van der Waals surface area contributed by atoms with E-state index in [0.717, 1.165) is 22.8 Å². The number of Topliss-reactive ketones (excluding diaryl/α,β-unsaturated/α-hetero) is 1. The summed E-state index contributed by atoms with van der Waals surface area (Å²) in [6.45, 7) is 7.28. The fourth-order valence-electron chi connectivity index (χ4n) is 4.16. The average Bonchev–Trinajstić information content (AvgIpc) is 2.62. The van der Waals surface area contributed by atoms with Crippen molar-refractivity contribution in [2.45, 2.75) is 51.0 Å². The van der Waals surface area contributed by atoms with Crippen molar-refractivity contribution in [1.29, 1.82) is 0 Å². The number of halogens is 1. The van der Waals surface area contributed by atoms with E-state index in [9.17, 15) is 22.4 Å². The van der Waals surface area contributed by atoms with Crippen molar-refractivity contribution in [3.05, 3.63) is 64.5 Å². The van der Waals surface area contributed by atoms with E-state index in [2.05, 4.69) is 0 Å². The summed E-state index contributed by atoms with van der Waals surface area (Å²) in [7, 11) is -3.79. The van der Waals surface area contributed by atoms with E-state index < -0.39 is 39.6 Å². The first-order chi connectivity index (χ1) is 14.0. The van der Waals surface area contributed by atoms with Crippen molar-refractivity contribution < 1.29 is 27.1 Å². The van der Waals surface area contributed by atoms with Crippen LogP contribution in [-0.2, 0) is 24.2 Å². The highest BCUT2D eigenvalue weighted by molar-refractivity contribution is 7.91. The van der Waals surface area contributed by atoms with Crippen LogP contribution in [0.25, 0.3) is 0 Å². The third-order valence-corrected chi connectivity index (χ3v) is 7.46. The van der Waals surface area contributed by atoms with Crippen LogP contribution in [0.4, 0.5) is 4.39 Å². The summed E-state index contributed by atoms with van der Waals surface area (Å²) < 4.78 is 44.2. The third kappa shape index (κ3) is 4.46. The largest absolute Gasteiger partial charge is 0.461 e. The molecule has 0 aliphatic carbocycles. The maximum atomic E-state index is 13.4. The van der Waals surface area contributed by atoms with Crippen molar-refractivity contribution in [1.82, 2.24) is 0 Å². The van der Waals surface area contributed by atoms with Gasteiger partial charge in [0.1, 0.15) is 17.8 Å². The predicted molar refractivity (Wildman–Crippen MR) is 111 cm³/mol. The first kappa shape index (κ1) is 22.2. The number of ether oxygens (including phenoxy) is 1. The van der Waals surface area contributed by atoms with Gasteiger partial charge in [0.25, 0.3) is 0 Å². The average molecular weight is 433 g/mol. The minimum atomic E-state index is -3.79. The summed E-state index contributed by atoms with van der Waals surface area (Å²) in [4.78, 5) is 25.5. The fraction of sp³-hybridized carbons (Fsp3) is 0.391. The zero-order valence-electron chi connectivity index (χ0n) is 17.4. The van der Waals surface area contributed by atoms with E-state index in [1.54, 1.807) is 6.92 Å². The molecule has 0 radical (unpaired) electrons. The second-order valence-corrected chi connectivity index (χ2v) is 10.1. The number of benzene rings is 2. The van der Waals surface area contributed by atoms with Gasteiger partial charge < -0.3 is 4.74 Å². The Morgan fingerprint density at radius 2 is 1.73 bits per heavy atom. The van der Waals surface area contributed by atoms with Gasteiger partial charge in [0.2, 0.25) is 0 Å².